The number of carbonyl (C=O) groups excluding carboxylic acids is 2. The van der Waals surface area contributed by atoms with Crippen LogP contribution in [0.1, 0.15) is 37.8 Å². The van der Waals surface area contributed by atoms with Gasteiger partial charge in [0.2, 0.25) is 11.8 Å². The van der Waals surface area contributed by atoms with Gasteiger partial charge in [0.25, 0.3) is 5.56 Å². The highest BCUT2D eigenvalue weighted by Gasteiger charge is 2.39. The molecule has 1 aliphatic heterocycles. The quantitative estimate of drug-likeness (QED) is 0.881. The van der Waals surface area contributed by atoms with Gasteiger partial charge in [0, 0.05) is 26.1 Å². The summed E-state index contributed by atoms with van der Waals surface area (Å²) in [5.41, 5.74) is 1.43. The van der Waals surface area contributed by atoms with Crippen LogP contribution in [-0.2, 0) is 16.6 Å². The number of hydrogen-bond donors (Lipinski definition) is 1. The van der Waals surface area contributed by atoms with E-state index in [0.29, 0.717) is 12.2 Å². The minimum absolute atomic E-state index is 0.0542. The summed E-state index contributed by atoms with van der Waals surface area (Å²) in [6.07, 6.45) is 4.57. The molecular formula is C21H26N4O3. The van der Waals surface area contributed by atoms with E-state index in [9.17, 15) is 14.4 Å². The highest BCUT2D eigenvalue weighted by atomic mass is 16.2. The largest absolute Gasteiger partial charge is 0.339 e. The van der Waals surface area contributed by atoms with Gasteiger partial charge in [-0.1, -0.05) is 31.0 Å². The Kier molecular flexibility index (Phi) is 4.83. The number of benzene rings is 1. The van der Waals surface area contributed by atoms with Gasteiger partial charge in [0.1, 0.15) is 5.69 Å². The number of likely N-dealkylation sites (tertiary alicyclic amines) is 1. The van der Waals surface area contributed by atoms with Gasteiger partial charge < -0.3 is 10.2 Å². The number of hydrogen-bond acceptors (Lipinski definition) is 3. The van der Waals surface area contributed by atoms with Gasteiger partial charge in [-0.05, 0) is 31.9 Å². The first-order chi connectivity index (χ1) is 13.5. The Morgan fingerprint density at radius 2 is 1.79 bits per heavy atom. The second kappa shape index (κ2) is 7.30. The van der Waals surface area contributed by atoms with Gasteiger partial charge in [-0.3, -0.25) is 19.1 Å². The molecule has 2 heterocycles. The zero-order valence-corrected chi connectivity index (χ0v) is 16.4. The summed E-state index contributed by atoms with van der Waals surface area (Å²) >= 11 is 0. The van der Waals surface area contributed by atoms with E-state index in [4.69, 9.17) is 0 Å². The molecule has 7 nitrogen and oxygen atoms in total. The molecule has 0 radical (unpaired) electrons. The van der Waals surface area contributed by atoms with E-state index in [0.717, 1.165) is 31.4 Å². The molecule has 148 valence electrons. The number of nitrogens with zero attached hydrogens (tertiary/aromatic N) is 3. The zero-order valence-electron chi connectivity index (χ0n) is 16.4. The van der Waals surface area contributed by atoms with Crippen LogP contribution in [0.25, 0.3) is 5.69 Å². The van der Waals surface area contributed by atoms with Gasteiger partial charge in [-0.15, -0.1) is 0 Å². The minimum atomic E-state index is -0.405. The summed E-state index contributed by atoms with van der Waals surface area (Å²) in [7, 11) is 1.79. The fraction of sp³-hybridized carbons (Fsp3) is 0.476. The molecule has 1 saturated heterocycles. The van der Waals surface area contributed by atoms with Crippen molar-refractivity contribution in [2.75, 3.05) is 11.9 Å². The third-order valence-electron chi connectivity index (χ3n) is 6.10. The summed E-state index contributed by atoms with van der Waals surface area (Å²) < 4.78 is 3.27. The molecule has 4 rings (SSSR count). The Hall–Kier alpha value is -2.83. The molecule has 1 N–H and O–H groups in total. The lowest BCUT2D eigenvalue weighted by atomic mass is 10.1. The summed E-state index contributed by atoms with van der Waals surface area (Å²) in [5, 5.41) is 2.81. The molecule has 1 aliphatic carbocycles. The van der Waals surface area contributed by atoms with Crippen molar-refractivity contribution in [3.8, 4) is 5.69 Å². The third kappa shape index (κ3) is 3.15. The Labute approximate surface area is 163 Å². The Morgan fingerprint density at radius 3 is 2.46 bits per heavy atom. The molecule has 1 atom stereocenters. The van der Waals surface area contributed by atoms with Gasteiger partial charge in [-0.2, -0.15) is 0 Å². The number of anilines is 1. The van der Waals surface area contributed by atoms with E-state index in [1.807, 2.05) is 35.2 Å². The predicted molar refractivity (Wildman–Crippen MR) is 106 cm³/mol. The summed E-state index contributed by atoms with van der Waals surface area (Å²) in [6, 6.07) is 9.59. The number of aromatic nitrogens is 2. The van der Waals surface area contributed by atoms with E-state index in [1.165, 1.54) is 4.68 Å². The molecule has 7 heteroatoms. The molecule has 2 amide bonds. The second-order valence-electron chi connectivity index (χ2n) is 7.81. The molecule has 0 spiro atoms. The van der Waals surface area contributed by atoms with E-state index in [1.54, 1.807) is 18.7 Å². The van der Waals surface area contributed by atoms with Gasteiger partial charge in [0.05, 0.1) is 17.3 Å². The highest BCUT2D eigenvalue weighted by molar-refractivity contribution is 5.97. The molecule has 2 fully saturated rings. The molecule has 2 aromatic rings. The Bertz CT molecular complexity index is 954. The van der Waals surface area contributed by atoms with Crippen molar-refractivity contribution in [3.05, 3.63) is 46.4 Å². The van der Waals surface area contributed by atoms with Crippen LogP contribution >= 0.6 is 0 Å². The van der Waals surface area contributed by atoms with Crippen molar-refractivity contribution < 1.29 is 9.59 Å². The minimum Gasteiger partial charge on any atom is -0.339 e. The van der Waals surface area contributed by atoms with Crippen LogP contribution in [0.5, 0.6) is 0 Å². The van der Waals surface area contributed by atoms with Crippen molar-refractivity contribution in [2.24, 2.45) is 13.0 Å². The first-order valence-corrected chi connectivity index (χ1v) is 9.91. The number of nitrogens with one attached hydrogen (secondary N) is 1. The van der Waals surface area contributed by atoms with Crippen LogP contribution in [0.4, 0.5) is 5.69 Å². The van der Waals surface area contributed by atoms with E-state index in [2.05, 4.69) is 5.32 Å². The van der Waals surface area contributed by atoms with E-state index in [-0.39, 0.29) is 35.5 Å². The zero-order chi connectivity index (χ0) is 19.8. The maximum atomic E-state index is 12.9. The van der Waals surface area contributed by atoms with Gasteiger partial charge in [-0.25, -0.2) is 4.68 Å². The maximum Gasteiger partial charge on any atom is 0.295 e. The topological polar surface area (TPSA) is 76.3 Å². The summed E-state index contributed by atoms with van der Waals surface area (Å²) in [5.74, 6) is -0.601. The fourth-order valence-electron chi connectivity index (χ4n) is 4.41. The molecule has 1 saturated carbocycles. The predicted octanol–water partition coefficient (Wildman–Crippen LogP) is 2.21. The number of amides is 2. The summed E-state index contributed by atoms with van der Waals surface area (Å²) in [4.78, 5) is 40.0. The monoisotopic (exact) mass is 382 g/mol. The SMILES string of the molecule is Cc1c(NC(=O)C2CC(=O)N(C3CCCC3)C2)c(=O)n(-c2ccccc2)n1C. The van der Waals surface area contributed by atoms with Crippen LogP contribution in [0, 0.1) is 12.8 Å². The molecule has 1 aromatic carbocycles. The second-order valence-corrected chi connectivity index (χ2v) is 7.81. The van der Waals surface area contributed by atoms with E-state index < -0.39 is 5.92 Å². The molecule has 2 aliphatic rings. The lowest BCUT2D eigenvalue weighted by Crippen LogP contribution is -2.35. The normalized spacial score (nSPS) is 20.1. The number of para-hydroxylation sites is 1. The molecular weight excluding hydrogens is 356 g/mol. The lowest BCUT2D eigenvalue weighted by Gasteiger charge is -2.23. The van der Waals surface area contributed by atoms with E-state index >= 15 is 0 Å². The average molecular weight is 382 g/mol. The first kappa shape index (κ1) is 18.5. The summed E-state index contributed by atoms with van der Waals surface area (Å²) in [6.45, 7) is 2.26. The Balaban J connectivity index is 1.54. The first-order valence-electron chi connectivity index (χ1n) is 9.91. The third-order valence-corrected chi connectivity index (χ3v) is 6.10. The van der Waals surface area contributed by atoms with Gasteiger partial charge in [0.15, 0.2) is 0 Å². The average Bonchev–Trinajstić information content (AvgIpc) is 3.39. The van der Waals surface area contributed by atoms with Crippen molar-refractivity contribution in [3.63, 3.8) is 0 Å². The van der Waals surface area contributed by atoms with Crippen molar-refractivity contribution >= 4 is 17.5 Å². The van der Waals surface area contributed by atoms with Crippen LogP contribution in [0.2, 0.25) is 0 Å². The van der Waals surface area contributed by atoms with Crippen LogP contribution in [0.3, 0.4) is 0 Å². The number of carbonyl (C=O) groups is 2. The van der Waals surface area contributed by atoms with Crippen LogP contribution in [0.15, 0.2) is 35.1 Å². The highest BCUT2D eigenvalue weighted by Crippen LogP contribution is 2.30. The molecule has 28 heavy (non-hydrogen) atoms. The molecule has 0 bridgehead atoms. The van der Waals surface area contributed by atoms with Gasteiger partial charge >= 0.3 is 0 Å². The smallest absolute Gasteiger partial charge is 0.295 e. The molecule has 1 unspecified atom stereocenters. The standard InChI is InChI=1S/C21H26N4O3/c1-14-19(21(28)25(23(14)2)17-10-4-3-5-11-17)22-20(27)15-12-18(26)24(13-15)16-8-6-7-9-16/h3-5,10-11,15-16H,6-9,12-13H2,1-2H3,(H,22,27). The Morgan fingerprint density at radius 1 is 1.11 bits per heavy atom. The van der Waals surface area contributed by atoms with Crippen molar-refractivity contribution in [1.29, 1.82) is 0 Å². The van der Waals surface area contributed by atoms with Crippen molar-refractivity contribution in [1.82, 2.24) is 14.3 Å². The van der Waals surface area contributed by atoms with Crippen LogP contribution < -0.4 is 10.9 Å². The molecule has 1 aromatic heterocycles. The number of rotatable bonds is 4. The van der Waals surface area contributed by atoms with Crippen molar-refractivity contribution in [2.45, 2.75) is 45.1 Å². The van der Waals surface area contributed by atoms with Crippen LogP contribution in [-0.4, -0.2) is 38.7 Å². The lowest BCUT2D eigenvalue weighted by molar-refractivity contribution is -0.129. The fourth-order valence-corrected chi connectivity index (χ4v) is 4.41. The maximum absolute atomic E-state index is 12.9.